The highest BCUT2D eigenvalue weighted by atomic mass is 16.5. The van der Waals surface area contributed by atoms with E-state index in [0.29, 0.717) is 0 Å². The molecule has 0 saturated heterocycles. The van der Waals surface area contributed by atoms with Crippen molar-refractivity contribution in [2.24, 2.45) is 0 Å². The summed E-state index contributed by atoms with van der Waals surface area (Å²) in [6, 6.07) is 7.89. The molecule has 0 aliphatic carbocycles. The van der Waals surface area contributed by atoms with Crippen molar-refractivity contribution in [3.8, 4) is 17.0 Å². The Bertz CT molecular complexity index is 594. The molecular formula is C17H21NO2. The summed E-state index contributed by atoms with van der Waals surface area (Å²) in [5.41, 5.74) is 5.11. The zero-order valence-corrected chi connectivity index (χ0v) is 12.3. The van der Waals surface area contributed by atoms with E-state index in [1.165, 1.54) is 11.1 Å². The molecule has 2 rings (SSSR count). The van der Waals surface area contributed by atoms with E-state index in [2.05, 4.69) is 24.9 Å². The molecule has 2 aromatic rings. The molecule has 0 aliphatic heterocycles. The van der Waals surface area contributed by atoms with Gasteiger partial charge in [-0.05, 0) is 42.7 Å². The first-order valence-corrected chi connectivity index (χ1v) is 6.93. The number of aryl methyl sites for hydroxylation is 1. The van der Waals surface area contributed by atoms with Gasteiger partial charge in [0.15, 0.2) is 0 Å². The lowest BCUT2D eigenvalue weighted by atomic mass is 9.97. The molecule has 1 N–H and O–H groups in total. The number of benzene rings is 1. The Kier molecular flexibility index (Phi) is 4.74. The molecule has 0 unspecified atom stereocenters. The fourth-order valence-corrected chi connectivity index (χ4v) is 2.45. The first kappa shape index (κ1) is 14.5. The Morgan fingerprint density at radius 1 is 1.25 bits per heavy atom. The third-order valence-corrected chi connectivity index (χ3v) is 3.54. The molecule has 0 fully saturated rings. The van der Waals surface area contributed by atoms with E-state index in [0.717, 1.165) is 35.4 Å². The minimum Gasteiger partial charge on any atom is -0.496 e. The van der Waals surface area contributed by atoms with E-state index in [1.54, 1.807) is 13.3 Å². The van der Waals surface area contributed by atoms with E-state index >= 15 is 0 Å². The molecule has 3 nitrogen and oxygen atoms in total. The number of methoxy groups -OCH3 is 1. The van der Waals surface area contributed by atoms with Gasteiger partial charge in [-0.25, -0.2) is 0 Å². The average molecular weight is 271 g/mol. The molecular weight excluding hydrogens is 250 g/mol. The SMILES string of the molecule is CCCc1cc(-c2ncccc2CO)cc(OC)c1C. The Morgan fingerprint density at radius 2 is 2.05 bits per heavy atom. The van der Waals surface area contributed by atoms with Crippen molar-refractivity contribution >= 4 is 0 Å². The average Bonchev–Trinajstić information content (AvgIpc) is 2.49. The van der Waals surface area contributed by atoms with Crippen molar-refractivity contribution in [3.05, 3.63) is 47.2 Å². The molecule has 1 aromatic heterocycles. The molecule has 0 radical (unpaired) electrons. The van der Waals surface area contributed by atoms with Crippen molar-refractivity contribution in [1.29, 1.82) is 0 Å². The van der Waals surface area contributed by atoms with E-state index < -0.39 is 0 Å². The van der Waals surface area contributed by atoms with Gasteiger partial charge in [0, 0.05) is 17.3 Å². The van der Waals surface area contributed by atoms with E-state index in [4.69, 9.17) is 4.74 Å². The minimum absolute atomic E-state index is 0.0114. The number of aromatic nitrogens is 1. The van der Waals surface area contributed by atoms with Crippen LogP contribution in [0.4, 0.5) is 0 Å². The number of nitrogens with zero attached hydrogens (tertiary/aromatic N) is 1. The van der Waals surface area contributed by atoms with E-state index in [-0.39, 0.29) is 6.61 Å². The maximum atomic E-state index is 9.46. The minimum atomic E-state index is -0.0114. The third-order valence-electron chi connectivity index (χ3n) is 3.54. The molecule has 0 atom stereocenters. The normalized spacial score (nSPS) is 10.6. The van der Waals surface area contributed by atoms with Gasteiger partial charge in [-0.1, -0.05) is 19.4 Å². The van der Waals surface area contributed by atoms with Crippen LogP contribution in [0.5, 0.6) is 5.75 Å². The van der Waals surface area contributed by atoms with Crippen molar-refractivity contribution < 1.29 is 9.84 Å². The Morgan fingerprint density at radius 3 is 2.70 bits per heavy atom. The number of ether oxygens (including phenoxy) is 1. The summed E-state index contributed by atoms with van der Waals surface area (Å²) in [7, 11) is 1.69. The van der Waals surface area contributed by atoms with Gasteiger partial charge in [-0.15, -0.1) is 0 Å². The molecule has 0 bridgehead atoms. The predicted molar refractivity (Wildman–Crippen MR) is 80.9 cm³/mol. The van der Waals surface area contributed by atoms with Crippen LogP contribution in [0.1, 0.15) is 30.0 Å². The highest BCUT2D eigenvalue weighted by molar-refractivity contribution is 5.67. The largest absolute Gasteiger partial charge is 0.496 e. The summed E-state index contributed by atoms with van der Waals surface area (Å²) in [5.74, 6) is 0.875. The number of aliphatic hydroxyl groups is 1. The number of pyridine rings is 1. The number of hydrogen-bond donors (Lipinski definition) is 1. The zero-order valence-electron chi connectivity index (χ0n) is 12.3. The van der Waals surface area contributed by atoms with Crippen molar-refractivity contribution in [1.82, 2.24) is 4.98 Å². The lowest BCUT2D eigenvalue weighted by Crippen LogP contribution is -1.98. The molecule has 106 valence electrons. The quantitative estimate of drug-likeness (QED) is 0.905. The second-order valence-electron chi connectivity index (χ2n) is 4.88. The predicted octanol–water partition coefficient (Wildman–Crippen LogP) is 3.51. The Balaban J connectivity index is 2.59. The van der Waals surface area contributed by atoms with Gasteiger partial charge in [0.1, 0.15) is 5.75 Å². The summed E-state index contributed by atoms with van der Waals surface area (Å²) in [6.45, 7) is 4.24. The molecule has 3 heteroatoms. The fraction of sp³-hybridized carbons (Fsp3) is 0.353. The van der Waals surface area contributed by atoms with Crippen LogP contribution in [0.15, 0.2) is 30.5 Å². The molecule has 1 aromatic carbocycles. The second-order valence-corrected chi connectivity index (χ2v) is 4.88. The Labute approximate surface area is 120 Å². The van der Waals surface area contributed by atoms with Crippen molar-refractivity contribution in [2.75, 3.05) is 7.11 Å². The van der Waals surface area contributed by atoms with Gasteiger partial charge >= 0.3 is 0 Å². The van der Waals surface area contributed by atoms with Crippen LogP contribution in [0.25, 0.3) is 11.3 Å². The number of aliphatic hydroxyl groups excluding tert-OH is 1. The van der Waals surface area contributed by atoms with E-state index in [1.807, 2.05) is 18.2 Å². The van der Waals surface area contributed by atoms with Gasteiger partial charge in [0.05, 0.1) is 19.4 Å². The van der Waals surface area contributed by atoms with Gasteiger partial charge < -0.3 is 9.84 Å². The van der Waals surface area contributed by atoms with E-state index in [9.17, 15) is 5.11 Å². The topological polar surface area (TPSA) is 42.4 Å². The smallest absolute Gasteiger partial charge is 0.122 e. The summed E-state index contributed by atoms with van der Waals surface area (Å²) >= 11 is 0. The summed E-state index contributed by atoms with van der Waals surface area (Å²) < 4.78 is 5.48. The summed E-state index contributed by atoms with van der Waals surface area (Å²) in [6.07, 6.45) is 3.85. The molecule has 0 saturated carbocycles. The highest BCUT2D eigenvalue weighted by Gasteiger charge is 2.12. The summed E-state index contributed by atoms with van der Waals surface area (Å²) in [4.78, 5) is 4.41. The highest BCUT2D eigenvalue weighted by Crippen LogP contribution is 2.31. The lowest BCUT2D eigenvalue weighted by Gasteiger charge is -2.14. The number of hydrogen-bond acceptors (Lipinski definition) is 3. The van der Waals surface area contributed by atoms with Gasteiger partial charge in [-0.3, -0.25) is 4.98 Å². The molecule has 0 aliphatic rings. The Hall–Kier alpha value is -1.87. The first-order valence-electron chi connectivity index (χ1n) is 6.93. The van der Waals surface area contributed by atoms with Gasteiger partial charge in [0.25, 0.3) is 0 Å². The van der Waals surface area contributed by atoms with Crippen LogP contribution in [0, 0.1) is 6.92 Å². The lowest BCUT2D eigenvalue weighted by molar-refractivity contribution is 0.282. The number of rotatable bonds is 5. The molecule has 0 amide bonds. The van der Waals surface area contributed by atoms with Gasteiger partial charge in [-0.2, -0.15) is 0 Å². The second kappa shape index (κ2) is 6.53. The standard InChI is InChI=1S/C17H21NO2/c1-4-6-13-9-15(10-16(20-3)12(13)2)17-14(11-19)7-5-8-18-17/h5,7-10,19H,4,6,11H2,1-3H3. The fourth-order valence-electron chi connectivity index (χ4n) is 2.45. The van der Waals surface area contributed by atoms with Crippen LogP contribution in [0.2, 0.25) is 0 Å². The maximum Gasteiger partial charge on any atom is 0.122 e. The maximum absolute atomic E-state index is 9.46. The van der Waals surface area contributed by atoms with Gasteiger partial charge in [0.2, 0.25) is 0 Å². The van der Waals surface area contributed by atoms with Crippen LogP contribution >= 0.6 is 0 Å². The first-order chi connectivity index (χ1) is 9.71. The molecule has 1 heterocycles. The van der Waals surface area contributed by atoms with Crippen LogP contribution in [-0.2, 0) is 13.0 Å². The zero-order chi connectivity index (χ0) is 14.5. The van der Waals surface area contributed by atoms with Crippen LogP contribution < -0.4 is 4.74 Å². The summed E-state index contributed by atoms with van der Waals surface area (Å²) in [5, 5.41) is 9.46. The van der Waals surface area contributed by atoms with Crippen molar-refractivity contribution in [3.63, 3.8) is 0 Å². The van der Waals surface area contributed by atoms with Crippen LogP contribution in [-0.4, -0.2) is 17.2 Å². The van der Waals surface area contributed by atoms with Crippen LogP contribution in [0.3, 0.4) is 0 Å². The molecule has 0 spiro atoms. The van der Waals surface area contributed by atoms with Crippen molar-refractivity contribution in [2.45, 2.75) is 33.3 Å². The third kappa shape index (κ3) is 2.83. The monoisotopic (exact) mass is 271 g/mol. The molecule has 20 heavy (non-hydrogen) atoms.